The predicted octanol–water partition coefficient (Wildman–Crippen LogP) is 3.95. The summed E-state index contributed by atoms with van der Waals surface area (Å²) in [6, 6.07) is 9.93. The van der Waals surface area contributed by atoms with Crippen molar-refractivity contribution in [3.63, 3.8) is 0 Å². The predicted molar refractivity (Wildman–Crippen MR) is 140 cm³/mol. The lowest BCUT2D eigenvalue weighted by atomic mass is 9.92. The fourth-order valence-corrected chi connectivity index (χ4v) is 5.10. The first-order valence-corrected chi connectivity index (χ1v) is 12.4. The Labute approximate surface area is 231 Å². The van der Waals surface area contributed by atoms with Gasteiger partial charge in [-0.15, -0.1) is 0 Å². The number of imidazole rings is 1. The lowest BCUT2D eigenvalue weighted by Crippen LogP contribution is -2.46. The number of carbonyl (C=O) groups is 2. The minimum absolute atomic E-state index is 0.0154. The fraction of sp³-hybridized carbons (Fsp3) is 0.138. The number of aliphatic hydroxyl groups is 1. The van der Waals surface area contributed by atoms with E-state index in [1.54, 1.807) is 31.4 Å². The van der Waals surface area contributed by atoms with Crippen molar-refractivity contribution in [2.24, 2.45) is 7.05 Å². The van der Waals surface area contributed by atoms with Gasteiger partial charge in [0.1, 0.15) is 34.4 Å². The van der Waals surface area contributed by atoms with E-state index < -0.39 is 41.4 Å². The summed E-state index contributed by atoms with van der Waals surface area (Å²) in [5.41, 5.74) is -0.729. The highest BCUT2D eigenvalue weighted by Crippen LogP contribution is 2.38. The van der Waals surface area contributed by atoms with Gasteiger partial charge in [-0.1, -0.05) is 6.07 Å². The third-order valence-corrected chi connectivity index (χ3v) is 6.95. The molecule has 3 aromatic heterocycles. The average molecular weight is 559 g/mol. The van der Waals surface area contributed by atoms with E-state index in [0.29, 0.717) is 28.5 Å². The van der Waals surface area contributed by atoms with Crippen LogP contribution in [0.1, 0.15) is 26.4 Å². The van der Waals surface area contributed by atoms with Crippen LogP contribution in [0.3, 0.4) is 0 Å². The van der Waals surface area contributed by atoms with E-state index in [1.165, 1.54) is 46.3 Å². The number of aryl methyl sites for hydroxylation is 1. The van der Waals surface area contributed by atoms with E-state index in [4.69, 9.17) is 0 Å². The van der Waals surface area contributed by atoms with Gasteiger partial charge in [-0.25, -0.2) is 18.2 Å². The first-order chi connectivity index (χ1) is 19.6. The second kappa shape index (κ2) is 9.82. The summed E-state index contributed by atoms with van der Waals surface area (Å²) < 4.78 is 45.2. The quantitative estimate of drug-likeness (QED) is 0.304. The second-order valence-corrected chi connectivity index (χ2v) is 9.74. The van der Waals surface area contributed by atoms with Crippen LogP contribution in [-0.2, 0) is 19.2 Å². The normalized spacial score (nSPS) is 14.4. The van der Waals surface area contributed by atoms with Crippen LogP contribution >= 0.6 is 0 Å². The molecule has 1 unspecified atom stereocenters. The van der Waals surface area contributed by atoms with Gasteiger partial charge in [-0.05, 0) is 36.4 Å². The van der Waals surface area contributed by atoms with Gasteiger partial charge in [-0.3, -0.25) is 24.2 Å². The highest BCUT2D eigenvalue weighted by molar-refractivity contribution is 6.23. The number of nitrogens with zero attached hydrogens (tertiary/aromatic N) is 6. The topological polar surface area (TPSA) is 106 Å². The van der Waals surface area contributed by atoms with Crippen molar-refractivity contribution in [3.8, 4) is 22.4 Å². The zero-order valence-corrected chi connectivity index (χ0v) is 21.5. The number of fused-ring (bicyclic) bond motifs is 1. The van der Waals surface area contributed by atoms with Crippen molar-refractivity contribution in [3.05, 3.63) is 114 Å². The van der Waals surface area contributed by atoms with Crippen LogP contribution < -0.4 is 0 Å². The maximum Gasteiger partial charge on any atom is 0.280 e. The first-order valence-electron chi connectivity index (χ1n) is 12.4. The second-order valence-electron chi connectivity index (χ2n) is 9.74. The highest BCUT2D eigenvalue weighted by atomic mass is 19.1. The van der Waals surface area contributed by atoms with Gasteiger partial charge in [0.15, 0.2) is 0 Å². The Hall–Kier alpha value is -5.10. The maximum absolute atomic E-state index is 15.0. The van der Waals surface area contributed by atoms with Crippen molar-refractivity contribution in [2.45, 2.75) is 12.1 Å². The maximum atomic E-state index is 15.0. The van der Waals surface area contributed by atoms with Crippen LogP contribution in [0.25, 0.3) is 22.4 Å². The van der Waals surface area contributed by atoms with Gasteiger partial charge < -0.3 is 9.67 Å². The molecule has 0 radical (unpaired) electrons. The molecule has 6 rings (SSSR count). The van der Waals surface area contributed by atoms with E-state index in [1.807, 2.05) is 0 Å². The Morgan fingerprint density at radius 1 is 0.878 bits per heavy atom. The zero-order chi connectivity index (χ0) is 28.9. The Balaban J connectivity index is 1.42. The van der Waals surface area contributed by atoms with E-state index in [9.17, 15) is 27.9 Å². The number of pyridine rings is 1. The molecule has 12 heteroatoms. The fourth-order valence-electron chi connectivity index (χ4n) is 5.10. The lowest BCUT2D eigenvalue weighted by Gasteiger charge is -2.32. The summed E-state index contributed by atoms with van der Waals surface area (Å²) in [5.74, 6) is -3.85. The summed E-state index contributed by atoms with van der Waals surface area (Å²) in [4.78, 5) is 36.3. The molecule has 4 heterocycles. The standard InChI is InChI=1S/C29H21F3N6O3/c1-36-13-21(25(35-36)17-2-4-18(30)5-3-17)20-8-9-34-26-24(20)27(39)38(28(26)40)15-29(41,14-37-11-10-33-16-37)22-7-6-19(31)12-23(22)32/h2-13,16,41H,14-15H2,1H3. The number of hydrogen-bond donors (Lipinski definition) is 1. The molecule has 0 bridgehead atoms. The van der Waals surface area contributed by atoms with Crippen molar-refractivity contribution in [1.82, 2.24) is 29.2 Å². The third kappa shape index (κ3) is 4.57. The van der Waals surface area contributed by atoms with Gasteiger partial charge in [0.05, 0.1) is 25.0 Å². The number of amides is 2. The van der Waals surface area contributed by atoms with Crippen molar-refractivity contribution >= 4 is 11.8 Å². The van der Waals surface area contributed by atoms with Crippen LogP contribution in [0.15, 0.2) is 79.6 Å². The summed E-state index contributed by atoms with van der Waals surface area (Å²) >= 11 is 0. The van der Waals surface area contributed by atoms with Crippen LogP contribution in [0, 0.1) is 17.5 Å². The molecule has 206 valence electrons. The number of hydrogen-bond acceptors (Lipinski definition) is 6. The highest BCUT2D eigenvalue weighted by Gasteiger charge is 2.45. The summed E-state index contributed by atoms with van der Waals surface area (Å²) in [5, 5.41) is 16.3. The van der Waals surface area contributed by atoms with E-state index in [0.717, 1.165) is 17.0 Å². The average Bonchev–Trinajstić information content (AvgIpc) is 3.65. The van der Waals surface area contributed by atoms with Crippen LogP contribution in [0.4, 0.5) is 13.2 Å². The monoisotopic (exact) mass is 558 g/mol. The Bertz CT molecular complexity index is 1800. The molecule has 1 N–H and O–H groups in total. The van der Waals surface area contributed by atoms with Crippen molar-refractivity contribution in [1.29, 1.82) is 0 Å². The largest absolute Gasteiger partial charge is 0.381 e. The lowest BCUT2D eigenvalue weighted by molar-refractivity contribution is -0.0108. The SMILES string of the molecule is Cn1cc(-c2ccnc3c2C(=O)N(CC(O)(Cn2ccnc2)c2ccc(F)cc2F)C3=O)c(-c2ccc(F)cc2)n1. The van der Waals surface area contributed by atoms with Gasteiger partial charge in [0.25, 0.3) is 11.8 Å². The van der Waals surface area contributed by atoms with Crippen LogP contribution in [0.5, 0.6) is 0 Å². The number of imide groups is 1. The molecule has 0 fully saturated rings. The number of carbonyl (C=O) groups excluding carboxylic acids is 2. The molecule has 0 saturated heterocycles. The van der Waals surface area contributed by atoms with E-state index in [2.05, 4.69) is 15.1 Å². The molecule has 2 aromatic carbocycles. The van der Waals surface area contributed by atoms with Crippen LogP contribution in [0.2, 0.25) is 0 Å². The number of rotatable bonds is 7. The van der Waals surface area contributed by atoms with Gasteiger partial charge in [0.2, 0.25) is 0 Å². The molecule has 1 aliphatic rings. The van der Waals surface area contributed by atoms with Crippen molar-refractivity contribution in [2.75, 3.05) is 6.54 Å². The molecular weight excluding hydrogens is 537 g/mol. The van der Waals surface area contributed by atoms with Crippen molar-refractivity contribution < 1.29 is 27.9 Å². The smallest absolute Gasteiger partial charge is 0.280 e. The third-order valence-electron chi connectivity index (χ3n) is 6.95. The molecule has 9 nitrogen and oxygen atoms in total. The number of β-amino-alcohol motifs (C(OH)–C–C–N with tert-alkyl or cyclic N) is 1. The first kappa shape index (κ1) is 26.1. The summed E-state index contributed by atoms with van der Waals surface area (Å²) in [6.07, 6.45) is 7.40. The molecule has 0 saturated carbocycles. The van der Waals surface area contributed by atoms with Gasteiger partial charge >= 0.3 is 0 Å². The van der Waals surface area contributed by atoms with Gasteiger partial charge in [-0.2, -0.15) is 5.10 Å². The number of halogens is 3. The molecule has 1 aliphatic heterocycles. The van der Waals surface area contributed by atoms with Crippen LogP contribution in [-0.4, -0.2) is 52.7 Å². The van der Waals surface area contributed by atoms with E-state index in [-0.39, 0.29) is 23.4 Å². The number of benzene rings is 2. The molecular formula is C29H21F3N6O3. The summed E-state index contributed by atoms with van der Waals surface area (Å²) in [6.45, 7) is -0.945. The molecule has 2 amide bonds. The Morgan fingerprint density at radius 2 is 1.63 bits per heavy atom. The molecule has 0 spiro atoms. The summed E-state index contributed by atoms with van der Waals surface area (Å²) in [7, 11) is 1.69. The van der Waals surface area contributed by atoms with E-state index >= 15 is 0 Å². The van der Waals surface area contributed by atoms with Gasteiger partial charge in [0, 0.05) is 60.2 Å². The Morgan fingerprint density at radius 3 is 2.34 bits per heavy atom. The zero-order valence-electron chi connectivity index (χ0n) is 21.5. The number of aromatic nitrogens is 5. The minimum Gasteiger partial charge on any atom is -0.381 e. The Kier molecular flexibility index (Phi) is 6.26. The molecule has 41 heavy (non-hydrogen) atoms. The molecule has 5 aromatic rings. The molecule has 0 aliphatic carbocycles. The molecule has 1 atom stereocenters. The minimum atomic E-state index is -2.15.